The number of ether oxygens (including phenoxy) is 1. The van der Waals surface area contributed by atoms with Crippen LogP contribution in [0.1, 0.15) is 49.4 Å². The lowest BCUT2D eigenvalue weighted by Crippen LogP contribution is -2.06. The number of carbonyl (C=O) groups excluding carboxylic acids is 1. The van der Waals surface area contributed by atoms with Crippen molar-refractivity contribution in [2.24, 2.45) is 0 Å². The molecule has 2 nitrogen and oxygen atoms in total. The highest BCUT2D eigenvalue weighted by molar-refractivity contribution is 6.20. The number of halogens is 1. The first-order chi connectivity index (χ1) is 8.76. The number of hydrogen-bond donors (Lipinski definition) is 0. The summed E-state index contributed by atoms with van der Waals surface area (Å²) in [6.07, 6.45) is 6.41. The molecule has 1 aromatic rings. The third-order valence-electron chi connectivity index (χ3n) is 2.84. The van der Waals surface area contributed by atoms with Crippen LogP contribution < -0.4 is 4.74 Å². The highest BCUT2D eigenvalue weighted by Crippen LogP contribution is 2.15. The van der Waals surface area contributed by atoms with Gasteiger partial charge >= 0.3 is 0 Å². The molecule has 0 heterocycles. The van der Waals surface area contributed by atoms with Crippen LogP contribution in [-0.4, -0.2) is 18.3 Å². The molecule has 0 aliphatic carbocycles. The number of benzene rings is 1. The van der Waals surface area contributed by atoms with Crippen LogP contribution in [-0.2, 0) is 0 Å². The van der Waals surface area contributed by atoms with Gasteiger partial charge in [-0.3, -0.25) is 4.79 Å². The molecule has 0 amide bonds. The maximum Gasteiger partial charge on any atom is 0.150 e. The Labute approximate surface area is 114 Å². The van der Waals surface area contributed by atoms with Gasteiger partial charge in [0.15, 0.2) is 0 Å². The number of aldehydes is 1. The van der Waals surface area contributed by atoms with Crippen molar-refractivity contribution in [2.45, 2.75) is 44.4 Å². The summed E-state index contributed by atoms with van der Waals surface area (Å²) in [4.78, 5) is 10.5. The zero-order valence-electron chi connectivity index (χ0n) is 10.9. The molecular formula is C15H21ClO2. The van der Waals surface area contributed by atoms with Crippen LogP contribution in [0.2, 0.25) is 0 Å². The standard InChI is InChI=1S/C15H21ClO2/c1-2-3-4-5-14(16)10-11-18-15-8-6-13(12-17)7-9-15/h6-9,12,14H,2-5,10-11H2,1H3. The quantitative estimate of drug-likeness (QED) is 0.376. The zero-order chi connectivity index (χ0) is 13.2. The molecule has 0 aliphatic rings. The minimum atomic E-state index is 0.200. The predicted molar refractivity (Wildman–Crippen MR) is 75.7 cm³/mol. The molecule has 1 aromatic carbocycles. The van der Waals surface area contributed by atoms with Gasteiger partial charge in [-0.1, -0.05) is 26.2 Å². The van der Waals surface area contributed by atoms with Crippen LogP contribution in [0.15, 0.2) is 24.3 Å². The zero-order valence-corrected chi connectivity index (χ0v) is 11.7. The fourth-order valence-electron chi connectivity index (χ4n) is 1.71. The lowest BCUT2D eigenvalue weighted by atomic mass is 10.1. The summed E-state index contributed by atoms with van der Waals surface area (Å²) < 4.78 is 5.58. The van der Waals surface area contributed by atoms with E-state index in [-0.39, 0.29) is 5.38 Å². The summed E-state index contributed by atoms with van der Waals surface area (Å²) >= 11 is 6.20. The maximum absolute atomic E-state index is 10.5. The van der Waals surface area contributed by atoms with Crippen molar-refractivity contribution < 1.29 is 9.53 Å². The van der Waals surface area contributed by atoms with Crippen LogP contribution >= 0.6 is 11.6 Å². The van der Waals surface area contributed by atoms with Crippen molar-refractivity contribution in [1.82, 2.24) is 0 Å². The molecule has 0 aliphatic heterocycles. The first-order valence-electron chi connectivity index (χ1n) is 6.58. The van der Waals surface area contributed by atoms with Crippen molar-refractivity contribution in [3.05, 3.63) is 29.8 Å². The monoisotopic (exact) mass is 268 g/mol. The van der Waals surface area contributed by atoms with E-state index in [0.717, 1.165) is 24.9 Å². The van der Waals surface area contributed by atoms with Gasteiger partial charge in [0.05, 0.1) is 6.61 Å². The maximum atomic E-state index is 10.5. The summed E-state index contributed by atoms with van der Waals surface area (Å²) in [5, 5.41) is 0.200. The molecule has 0 saturated carbocycles. The van der Waals surface area contributed by atoms with Gasteiger partial charge in [-0.15, -0.1) is 11.6 Å². The van der Waals surface area contributed by atoms with Crippen LogP contribution in [0.3, 0.4) is 0 Å². The molecule has 0 bridgehead atoms. The van der Waals surface area contributed by atoms with Crippen molar-refractivity contribution in [3.63, 3.8) is 0 Å². The Kier molecular flexibility index (Phi) is 7.51. The number of hydrogen-bond acceptors (Lipinski definition) is 2. The Morgan fingerprint density at radius 1 is 1.22 bits per heavy atom. The predicted octanol–water partition coefficient (Wildman–Crippen LogP) is 4.46. The molecule has 0 N–H and O–H groups in total. The van der Waals surface area contributed by atoms with Crippen molar-refractivity contribution in [3.8, 4) is 5.75 Å². The molecular weight excluding hydrogens is 248 g/mol. The topological polar surface area (TPSA) is 26.3 Å². The molecule has 100 valence electrons. The van der Waals surface area contributed by atoms with E-state index < -0.39 is 0 Å². The average molecular weight is 269 g/mol. The Bertz CT molecular complexity index is 335. The van der Waals surface area contributed by atoms with Gasteiger partial charge in [-0.05, 0) is 37.1 Å². The fraction of sp³-hybridized carbons (Fsp3) is 0.533. The van der Waals surface area contributed by atoms with Gasteiger partial charge in [0, 0.05) is 10.9 Å². The van der Waals surface area contributed by atoms with Gasteiger partial charge < -0.3 is 4.74 Å². The second-order valence-electron chi connectivity index (χ2n) is 4.42. The summed E-state index contributed by atoms with van der Waals surface area (Å²) in [6.45, 7) is 2.82. The molecule has 18 heavy (non-hydrogen) atoms. The van der Waals surface area contributed by atoms with E-state index in [1.807, 2.05) is 12.1 Å². The molecule has 0 saturated heterocycles. The largest absolute Gasteiger partial charge is 0.494 e. The smallest absolute Gasteiger partial charge is 0.150 e. The fourth-order valence-corrected chi connectivity index (χ4v) is 1.95. The molecule has 3 heteroatoms. The first-order valence-corrected chi connectivity index (χ1v) is 7.02. The molecule has 0 radical (unpaired) electrons. The van der Waals surface area contributed by atoms with Crippen molar-refractivity contribution >= 4 is 17.9 Å². The third-order valence-corrected chi connectivity index (χ3v) is 3.27. The van der Waals surface area contributed by atoms with Gasteiger partial charge in [0.1, 0.15) is 12.0 Å². The molecule has 1 unspecified atom stereocenters. The highest BCUT2D eigenvalue weighted by atomic mass is 35.5. The van der Waals surface area contributed by atoms with E-state index >= 15 is 0 Å². The van der Waals surface area contributed by atoms with Crippen LogP contribution in [0, 0.1) is 0 Å². The highest BCUT2D eigenvalue weighted by Gasteiger charge is 2.04. The second-order valence-corrected chi connectivity index (χ2v) is 5.03. The molecule has 0 fully saturated rings. The van der Waals surface area contributed by atoms with E-state index in [4.69, 9.17) is 16.3 Å². The molecule has 0 spiro atoms. The van der Waals surface area contributed by atoms with E-state index in [9.17, 15) is 4.79 Å². The van der Waals surface area contributed by atoms with Gasteiger partial charge in [0.2, 0.25) is 0 Å². The van der Waals surface area contributed by atoms with E-state index in [0.29, 0.717) is 12.2 Å². The van der Waals surface area contributed by atoms with E-state index in [1.165, 1.54) is 19.3 Å². The van der Waals surface area contributed by atoms with Crippen LogP contribution in [0.5, 0.6) is 5.75 Å². The Morgan fingerprint density at radius 2 is 1.94 bits per heavy atom. The van der Waals surface area contributed by atoms with Crippen LogP contribution in [0.25, 0.3) is 0 Å². The summed E-state index contributed by atoms with van der Waals surface area (Å²) in [5.41, 5.74) is 0.664. The van der Waals surface area contributed by atoms with Crippen molar-refractivity contribution in [1.29, 1.82) is 0 Å². The summed E-state index contributed by atoms with van der Waals surface area (Å²) in [5.74, 6) is 0.790. The normalized spacial score (nSPS) is 12.1. The van der Waals surface area contributed by atoms with E-state index in [2.05, 4.69) is 6.92 Å². The van der Waals surface area contributed by atoms with Crippen LogP contribution in [0.4, 0.5) is 0 Å². The average Bonchev–Trinajstić information content (AvgIpc) is 2.40. The number of unbranched alkanes of at least 4 members (excludes halogenated alkanes) is 2. The first kappa shape index (κ1) is 15.0. The Balaban J connectivity index is 2.18. The number of rotatable bonds is 9. The van der Waals surface area contributed by atoms with Gasteiger partial charge in [-0.2, -0.15) is 0 Å². The summed E-state index contributed by atoms with van der Waals surface area (Å²) in [6, 6.07) is 7.12. The number of alkyl halides is 1. The molecule has 1 rings (SSSR count). The SMILES string of the molecule is CCCCCC(Cl)CCOc1ccc(C=O)cc1. The van der Waals surface area contributed by atoms with E-state index in [1.54, 1.807) is 12.1 Å². The minimum absolute atomic E-state index is 0.200. The Morgan fingerprint density at radius 3 is 2.56 bits per heavy atom. The lowest BCUT2D eigenvalue weighted by molar-refractivity contribution is 0.112. The van der Waals surface area contributed by atoms with Gasteiger partial charge in [-0.25, -0.2) is 0 Å². The lowest BCUT2D eigenvalue weighted by Gasteiger charge is -2.10. The third kappa shape index (κ3) is 6.06. The number of carbonyl (C=O) groups is 1. The minimum Gasteiger partial charge on any atom is -0.494 e. The summed E-state index contributed by atoms with van der Waals surface area (Å²) in [7, 11) is 0. The Hall–Kier alpha value is -1.02. The van der Waals surface area contributed by atoms with Crippen molar-refractivity contribution in [2.75, 3.05) is 6.61 Å². The molecule has 1 atom stereocenters. The van der Waals surface area contributed by atoms with Gasteiger partial charge in [0.25, 0.3) is 0 Å². The second kappa shape index (κ2) is 8.98. The molecule has 0 aromatic heterocycles.